The van der Waals surface area contributed by atoms with Crippen LogP contribution >= 0.6 is 0 Å². The number of nitrogens with zero attached hydrogens (tertiary/aromatic N) is 2. The molecule has 0 radical (unpaired) electrons. The van der Waals surface area contributed by atoms with E-state index >= 15 is 0 Å². The number of aromatic nitrogens is 2. The van der Waals surface area contributed by atoms with Gasteiger partial charge < -0.3 is 10.5 Å². The third-order valence-electron chi connectivity index (χ3n) is 3.09. The van der Waals surface area contributed by atoms with Gasteiger partial charge in [0.1, 0.15) is 11.6 Å². The van der Waals surface area contributed by atoms with Gasteiger partial charge in [-0.05, 0) is 43.1 Å². The van der Waals surface area contributed by atoms with Gasteiger partial charge in [-0.25, -0.2) is 9.07 Å². The fourth-order valence-electron chi connectivity index (χ4n) is 1.89. The maximum atomic E-state index is 13.1. The first-order valence-electron chi connectivity index (χ1n) is 6.75. The van der Waals surface area contributed by atoms with E-state index in [4.69, 9.17) is 10.5 Å². The van der Waals surface area contributed by atoms with Crippen molar-refractivity contribution in [2.24, 2.45) is 5.73 Å². The molecule has 5 nitrogen and oxygen atoms in total. The maximum Gasteiger partial charge on any atom is 0.270 e. The van der Waals surface area contributed by atoms with E-state index in [1.54, 1.807) is 13.0 Å². The first-order chi connectivity index (χ1) is 10.1. The van der Waals surface area contributed by atoms with Gasteiger partial charge in [-0.15, -0.1) is 0 Å². The van der Waals surface area contributed by atoms with Gasteiger partial charge in [-0.2, -0.15) is 5.10 Å². The van der Waals surface area contributed by atoms with Gasteiger partial charge >= 0.3 is 0 Å². The number of aryl methyl sites for hydroxylation is 1. The Hall–Kier alpha value is -2.21. The Balaban J connectivity index is 2.12. The summed E-state index contributed by atoms with van der Waals surface area (Å²) in [6.45, 7) is 3.09. The van der Waals surface area contributed by atoms with Gasteiger partial charge in [-0.1, -0.05) is 6.07 Å². The molecule has 0 amide bonds. The standard InChI is InChI=1S/C15H18FN3O2/c1-11-7-13(16)4-3-12(11)10-19-15(20)8-14(9-18-19)21-6-2-5-17/h3-4,7-9H,2,5-6,10,17H2,1H3. The summed E-state index contributed by atoms with van der Waals surface area (Å²) in [5, 5.41) is 4.07. The van der Waals surface area contributed by atoms with Crippen LogP contribution in [0.25, 0.3) is 0 Å². The average Bonchev–Trinajstić information content (AvgIpc) is 2.44. The summed E-state index contributed by atoms with van der Waals surface area (Å²) in [7, 11) is 0. The van der Waals surface area contributed by atoms with Crippen LogP contribution < -0.4 is 16.0 Å². The fourth-order valence-corrected chi connectivity index (χ4v) is 1.89. The van der Waals surface area contributed by atoms with Crippen molar-refractivity contribution in [3.8, 4) is 5.75 Å². The lowest BCUT2D eigenvalue weighted by molar-refractivity contribution is 0.309. The SMILES string of the molecule is Cc1cc(F)ccc1Cn1ncc(OCCCN)cc1=O. The summed E-state index contributed by atoms with van der Waals surface area (Å²) in [4.78, 5) is 12.0. The van der Waals surface area contributed by atoms with Gasteiger partial charge in [0.15, 0.2) is 0 Å². The molecule has 0 unspecified atom stereocenters. The molecule has 112 valence electrons. The van der Waals surface area contributed by atoms with Crippen LogP contribution in [0, 0.1) is 12.7 Å². The van der Waals surface area contributed by atoms with Crippen molar-refractivity contribution in [3.05, 3.63) is 57.8 Å². The van der Waals surface area contributed by atoms with Gasteiger partial charge in [0.05, 0.1) is 19.3 Å². The molecule has 0 aliphatic heterocycles. The summed E-state index contributed by atoms with van der Waals surface area (Å²) in [5.74, 6) is 0.140. The zero-order valence-corrected chi connectivity index (χ0v) is 11.9. The highest BCUT2D eigenvalue weighted by molar-refractivity contribution is 5.26. The molecule has 6 heteroatoms. The minimum absolute atomic E-state index is 0.260. The molecule has 1 aromatic heterocycles. The zero-order valence-electron chi connectivity index (χ0n) is 11.9. The molecule has 0 atom stereocenters. The molecule has 0 saturated carbocycles. The van der Waals surface area contributed by atoms with E-state index in [-0.39, 0.29) is 11.4 Å². The van der Waals surface area contributed by atoms with Crippen molar-refractivity contribution in [2.45, 2.75) is 19.9 Å². The smallest absolute Gasteiger partial charge is 0.270 e. The Kier molecular flexibility index (Phi) is 5.05. The highest BCUT2D eigenvalue weighted by Crippen LogP contribution is 2.11. The summed E-state index contributed by atoms with van der Waals surface area (Å²) in [5.41, 5.74) is 6.74. The van der Waals surface area contributed by atoms with E-state index < -0.39 is 0 Å². The number of halogens is 1. The van der Waals surface area contributed by atoms with Crippen molar-refractivity contribution in [2.75, 3.05) is 13.2 Å². The second-order valence-corrected chi connectivity index (χ2v) is 4.75. The number of benzene rings is 1. The Morgan fingerprint density at radius 2 is 2.19 bits per heavy atom. The molecule has 0 fully saturated rings. The summed E-state index contributed by atoms with van der Waals surface area (Å²) < 4.78 is 19.7. The van der Waals surface area contributed by atoms with Crippen LogP contribution in [0.15, 0.2) is 35.3 Å². The second kappa shape index (κ2) is 6.99. The maximum absolute atomic E-state index is 13.1. The first-order valence-corrected chi connectivity index (χ1v) is 6.75. The fraction of sp³-hybridized carbons (Fsp3) is 0.333. The molecular weight excluding hydrogens is 273 g/mol. The van der Waals surface area contributed by atoms with E-state index in [1.165, 1.54) is 29.1 Å². The van der Waals surface area contributed by atoms with Crippen LogP contribution in [0.2, 0.25) is 0 Å². The van der Waals surface area contributed by atoms with Crippen LogP contribution in [0.1, 0.15) is 17.5 Å². The molecule has 0 saturated heterocycles. The van der Waals surface area contributed by atoms with Gasteiger partial charge in [0.25, 0.3) is 5.56 Å². The molecule has 2 rings (SSSR count). The topological polar surface area (TPSA) is 70.1 Å². The summed E-state index contributed by atoms with van der Waals surface area (Å²) in [6.07, 6.45) is 2.22. The first kappa shape index (κ1) is 15.2. The molecule has 1 heterocycles. The number of hydrogen-bond donors (Lipinski definition) is 1. The minimum Gasteiger partial charge on any atom is -0.492 e. The highest BCUT2D eigenvalue weighted by Gasteiger charge is 2.05. The third-order valence-corrected chi connectivity index (χ3v) is 3.09. The van der Waals surface area contributed by atoms with E-state index in [0.29, 0.717) is 25.4 Å². The van der Waals surface area contributed by atoms with Crippen LogP contribution in [0.5, 0.6) is 5.75 Å². The monoisotopic (exact) mass is 291 g/mol. The van der Waals surface area contributed by atoms with Gasteiger partial charge in [-0.3, -0.25) is 4.79 Å². The molecule has 0 aliphatic carbocycles. The van der Waals surface area contributed by atoms with E-state index in [9.17, 15) is 9.18 Å². The minimum atomic E-state index is -0.291. The van der Waals surface area contributed by atoms with E-state index in [2.05, 4.69) is 5.10 Å². The number of ether oxygens (including phenoxy) is 1. The number of hydrogen-bond acceptors (Lipinski definition) is 4. The van der Waals surface area contributed by atoms with Gasteiger partial charge in [0, 0.05) is 6.07 Å². The van der Waals surface area contributed by atoms with E-state index in [1.807, 2.05) is 0 Å². The van der Waals surface area contributed by atoms with Crippen LogP contribution in [-0.4, -0.2) is 22.9 Å². The quantitative estimate of drug-likeness (QED) is 0.818. The van der Waals surface area contributed by atoms with Crippen LogP contribution in [0.3, 0.4) is 0 Å². The predicted octanol–water partition coefficient (Wildman–Crippen LogP) is 1.47. The van der Waals surface area contributed by atoms with Crippen molar-refractivity contribution in [3.63, 3.8) is 0 Å². The third kappa shape index (κ3) is 4.13. The highest BCUT2D eigenvalue weighted by atomic mass is 19.1. The van der Waals surface area contributed by atoms with E-state index in [0.717, 1.165) is 17.5 Å². The van der Waals surface area contributed by atoms with Crippen molar-refractivity contribution in [1.29, 1.82) is 0 Å². The molecular formula is C15H18FN3O2. The van der Waals surface area contributed by atoms with Crippen molar-refractivity contribution >= 4 is 0 Å². The van der Waals surface area contributed by atoms with Crippen molar-refractivity contribution < 1.29 is 9.13 Å². The molecule has 21 heavy (non-hydrogen) atoms. The lowest BCUT2D eigenvalue weighted by atomic mass is 10.1. The predicted molar refractivity (Wildman–Crippen MR) is 77.9 cm³/mol. The zero-order chi connectivity index (χ0) is 15.2. The lowest BCUT2D eigenvalue weighted by Gasteiger charge is -2.09. The number of nitrogens with two attached hydrogens (primary N) is 1. The Morgan fingerprint density at radius 1 is 1.38 bits per heavy atom. The Morgan fingerprint density at radius 3 is 2.86 bits per heavy atom. The van der Waals surface area contributed by atoms with Gasteiger partial charge in [0.2, 0.25) is 0 Å². The molecule has 0 aliphatic rings. The van der Waals surface area contributed by atoms with Crippen LogP contribution in [0.4, 0.5) is 4.39 Å². The second-order valence-electron chi connectivity index (χ2n) is 4.75. The Bertz CT molecular complexity index is 670. The molecule has 0 spiro atoms. The molecule has 2 aromatic rings. The molecule has 1 aromatic carbocycles. The molecule has 0 bridgehead atoms. The van der Waals surface area contributed by atoms with Crippen LogP contribution in [-0.2, 0) is 6.54 Å². The average molecular weight is 291 g/mol. The number of rotatable bonds is 6. The molecule has 2 N–H and O–H groups in total. The summed E-state index contributed by atoms with van der Waals surface area (Å²) >= 11 is 0. The normalized spacial score (nSPS) is 10.6. The lowest BCUT2D eigenvalue weighted by Crippen LogP contribution is -2.23. The largest absolute Gasteiger partial charge is 0.492 e. The van der Waals surface area contributed by atoms with Crippen molar-refractivity contribution in [1.82, 2.24) is 9.78 Å². The summed E-state index contributed by atoms with van der Waals surface area (Å²) in [6, 6.07) is 5.86. The Labute approximate surface area is 122 Å².